The second-order valence-corrected chi connectivity index (χ2v) is 31.5. The molecule has 0 aromatic heterocycles. The van der Waals surface area contributed by atoms with E-state index in [4.69, 9.17) is 78.9 Å². The first kappa shape index (κ1) is 98.2. The molecule has 552 valence electrons. The number of ether oxygens (including phenoxy) is 6. The normalized spacial score (nSPS) is 15.4. The molecule has 0 bridgehead atoms. The molecule has 0 spiro atoms. The summed E-state index contributed by atoms with van der Waals surface area (Å²) >= 11 is 22.4. The summed E-state index contributed by atoms with van der Waals surface area (Å²) in [6.45, 7) is 65.5. The van der Waals surface area contributed by atoms with Gasteiger partial charge in [0.2, 0.25) is 0 Å². The van der Waals surface area contributed by atoms with Gasteiger partial charge < -0.3 is 78.9 Å². The molecule has 6 aliphatic rings. The van der Waals surface area contributed by atoms with Gasteiger partial charge >= 0.3 is 0 Å². The Kier molecular flexibility index (Phi) is 57.9. The molecule has 0 radical (unpaired) electrons. The summed E-state index contributed by atoms with van der Waals surface area (Å²) in [5.41, 5.74) is 16.4. The van der Waals surface area contributed by atoms with Crippen molar-refractivity contribution in [3.8, 4) is 0 Å². The zero-order valence-corrected chi connectivity index (χ0v) is 73.9. The number of rotatable bonds is 12. The molecule has 96 heavy (non-hydrogen) atoms. The van der Waals surface area contributed by atoms with Crippen LogP contribution >= 0.6 is 0 Å². The monoisotopic (exact) mass is 1680 g/mol. The molecule has 4 aromatic rings. The fourth-order valence-electron chi connectivity index (χ4n) is 10.6. The van der Waals surface area contributed by atoms with E-state index >= 15 is 0 Å². The van der Waals surface area contributed by atoms with Gasteiger partial charge in [-0.25, -0.2) is 0 Å². The average Bonchev–Trinajstić information content (AvgIpc) is 0.890. The summed E-state index contributed by atoms with van der Waals surface area (Å²) < 4.78 is 29.7. The maximum absolute atomic E-state index is 5.59. The zero-order valence-electron chi connectivity index (χ0n) is 65.4. The molecule has 10 rings (SSSR count). The van der Waals surface area contributed by atoms with Gasteiger partial charge in [-0.3, -0.25) is 0 Å². The van der Waals surface area contributed by atoms with E-state index in [9.17, 15) is 0 Å². The van der Waals surface area contributed by atoms with Gasteiger partial charge in [0.1, 0.15) is 0 Å². The summed E-state index contributed by atoms with van der Waals surface area (Å²) in [7, 11) is 0. The van der Waals surface area contributed by atoms with Crippen LogP contribution in [-0.4, -0.2) is 79.3 Å². The zero-order chi connectivity index (χ0) is 71.0. The quantitative estimate of drug-likeness (QED) is 0.128. The molecule has 4 aromatic carbocycles. The van der Waals surface area contributed by atoms with Gasteiger partial charge in [0.25, 0.3) is 0 Å². The molecule has 0 aliphatic carbocycles. The molecule has 0 atom stereocenters. The third-order valence-corrected chi connectivity index (χ3v) is 19.2. The van der Waals surface area contributed by atoms with Crippen molar-refractivity contribution in [2.45, 2.75) is 334 Å². The molecule has 6 heterocycles. The van der Waals surface area contributed by atoms with E-state index in [1.807, 2.05) is 0 Å². The van der Waals surface area contributed by atoms with Crippen molar-refractivity contribution in [3.05, 3.63) is 115 Å². The van der Waals surface area contributed by atoms with Crippen LogP contribution in [-0.2, 0) is 78.9 Å². The van der Waals surface area contributed by atoms with Crippen LogP contribution in [0.4, 0.5) is 0 Å². The maximum Gasteiger partial charge on any atom is 0.0466 e. The SMILES string of the molecule is C1CCOC1.C1CCOC1.C1CCOC1.C1CCOC1.C1CCOC1.C1CCOC1.CC(C)c1cc(C(C)C)c([S-])c(C(C)C)c1.CC(C)c1cc(C(C)C)c([S-])c(C(C)C)c1.CC(C)c1cc(C(C)C)c([S-])c(C(C)C)c1.CC(C)c1cc(C(C)C)c([S-])c(C(C)C)c1.[Sm].[Sm]. The van der Waals surface area contributed by atoms with Crippen LogP contribution in [0.2, 0.25) is 0 Å². The first-order chi connectivity index (χ1) is 44.4. The molecule has 6 fully saturated rings. The van der Waals surface area contributed by atoms with E-state index in [1.165, 1.54) is 144 Å². The van der Waals surface area contributed by atoms with Crippen molar-refractivity contribution in [2.24, 2.45) is 0 Å². The van der Waals surface area contributed by atoms with Gasteiger partial charge in [0.05, 0.1) is 0 Å². The smallest absolute Gasteiger partial charge is 0.0466 e. The third kappa shape index (κ3) is 40.5. The molecular formula is C84H140O6S4Sm2-4. The standard InChI is InChI=1S/4C15H24S.6C4H8O.2Sm/c4*1-9(2)12-7-13(10(3)4)15(16)14(8-12)11(5)6;6*1-2-4-5-3-1;;/h4*7-11,16H,1-6H3;6*1-4H2;;/p-4. The molecule has 12 heteroatoms. The summed E-state index contributed by atoms with van der Waals surface area (Å²) in [5, 5.41) is 0. The summed E-state index contributed by atoms with van der Waals surface area (Å²) in [5.74, 6) is 6.44. The average molecular weight is 1680 g/mol. The van der Waals surface area contributed by atoms with Gasteiger partial charge in [0.15, 0.2) is 0 Å². The Morgan fingerprint density at radius 2 is 0.281 bits per heavy atom. The van der Waals surface area contributed by atoms with Crippen LogP contribution in [0.25, 0.3) is 0 Å². The second-order valence-electron chi connectivity index (χ2n) is 29.9. The minimum absolute atomic E-state index is 0. The van der Waals surface area contributed by atoms with Crippen LogP contribution in [0.3, 0.4) is 0 Å². The minimum atomic E-state index is 0. The summed E-state index contributed by atoms with van der Waals surface area (Å²) in [6.07, 6.45) is 15.3. The van der Waals surface area contributed by atoms with Gasteiger partial charge in [-0.05, 0) is 170 Å². The van der Waals surface area contributed by atoms with Crippen molar-refractivity contribution in [3.63, 3.8) is 0 Å². The predicted molar refractivity (Wildman–Crippen MR) is 418 cm³/mol. The Balaban J connectivity index is 0. The van der Waals surface area contributed by atoms with Crippen LogP contribution in [0, 0.1) is 80.8 Å². The van der Waals surface area contributed by atoms with E-state index in [1.54, 1.807) is 0 Å². The molecule has 6 aliphatic heterocycles. The Morgan fingerprint density at radius 3 is 0.333 bits per heavy atom. The number of hydrogen-bond donors (Lipinski definition) is 0. The van der Waals surface area contributed by atoms with Crippen molar-refractivity contribution < 1.29 is 109 Å². The number of hydrogen-bond acceptors (Lipinski definition) is 10. The second kappa shape index (κ2) is 56.6. The Hall–Kier alpha value is 0.195. The van der Waals surface area contributed by atoms with Gasteiger partial charge in [-0.2, -0.15) is 19.6 Å². The Labute approximate surface area is 680 Å². The van der Waals surface area contributed by atoms with Crippen molar-refractivity contribution in [2.75, 3.05) is 79.3 Å². The van der Waals surface area contributed by atoms with Crippen LogP contribution in [0.15, 0.2) is 68.1 Å². The topological polar surface area (TPSA) is 55.4 Å². The first-order valence-corrected chi connectivity index (χ1v) is 38.9. The largest absolute Gasteiger partial charge is 0.779 e. The molecule has 0 unspecified atom stereocenters. The van der Waals surface area contributed by atoms with E-state index < -0.39 is 0 Å². The molecule has 0 amide bonds. The fraction of sp³-hybridized carbons (Fsp3) is 0.714. The summed E-state index contributed by atoms with van der Waals surface area (Å²) in [4.78, 5) is 4.31. The van der Waals surface area contributed by atoms with Crippen molar-refractivity contribution >= 4 is 50.5 Å². The molecular weight excluding hydrogens is 1530 g/mol. The van der Waals surface area contributed by atoms with E-state index in [2.05, 4.69) is 215 Å². The first-order valence-electron chi connectivity index (χ1n) is 37.2. The summed E-state index contributed by atoms with van der Waals surface area (Å²) in [6, 6.07) is 18.4. The van der Waals surface area contributed by atoms with Crippen molar-refractivity contribution in [1.82, 2.24) is 0 Å². The predicted octanol–water partition coefficient (Wildman–Crippen LogP) is 24.6. The molecule has 6 nitrogen and oxygen atoms in total. The Morgan fingerprint density at radius 1 is 0.188 bits per heavy atom. The van der Waals surface area contributed by atoms with Crippen LogP contribution in [0.1, 0.15) is 381 Å². The maximum atomic E-state index is 5.59. The van der Waals surface area contributed by atoms with Crippen LogP contribution in [0.5, 0.6) is 0 Å². The fourth-order valence-corrected chi connectivity index (χ4v) is 13.0. The Bertz CT molecular complexity index is 2050. The van der Waals surface area contributed by atoms with Gasteiger partial charge in [0, 0.05) is 160 Å². The van der Waals surface area contributed by atoms with E-state index in [0.717, 1.165) is 98.9 Å². The van der Waals surface area contributed by atoms with Gasteiger partial charge in [-0.1, -0.05) is 259 Å². The third-order valence-electron chi connectivity index (χ3n) is 17.3. The minimum Gasteiger partial charge on any atom is -0.779 e. The van der Waals surface area contributed by atoms with E-state index in [0.29, 0.717) is 71.0 Å². The van der Waals surface area contributed by atoms with Crippen LogP contribution < -0.4 is 0 Å². The van der Waals surface area contributed by atoms with E-state index in [-0.39, 0.29) is 80.8 Å². The molecule has 0 N–H and O–H groups in total. The number of benzene rings is 4. The molecule has 6 saturated heterocycles. The molecule has 0 saturated carbocycles. The van der Waals surface area contributed by atoms with Crippen molar-refractivity contribution in [1.29, 1.82) is 0 Å². The van der Waals surface area contributed by atoms with Gasteiger partial charge in [-0.15, -0.1) is 0 Å².